The molecule has 3 aromatic rings. The first-order valence-electron chi connectivity index (χ1n) is 8.91. The zero-order chi connectivity index (χ0) is 19.4. The number of hydrogen-bond donors (Lipinski definition) is 2. The molecule has 150 valence electrons. The molecule has 8 heteroatoms. The van der Waals surface area contributed by atoms with E-state index >= 15 is 0 Å². The van der Waals surface area contributed by atoms with E-state index in [0.717, 1.165) is 33.7 Å². The predicted octanol–water partition coefficient (Wildman–Crippen LogP) is 3.39. The zero-order valence-electron chi connectivity index (χ0n) is 16.9. The quantitative estimate of drug-likeness (QED) is 0.322. The van der Waals surface area contributed by atoms with E-state index in [4.69, 9.17) is 9.40 Å². The summed E-state index contributed by atoms with van der Waals surface area (Å²) in [7, 11) is 5.74. The Kier molecular flexibility index (Phi) is 7.61. The van der Waals surface area contributed by atoms with Gasteiger partial charge in [-0.2, -0.15) is 0 Å². The molecule has 0 saturated heterocycles. The number of fused-ring (bicyclic) bond motifs is 1. The van der Waals surface area contributed by atoms with E-state index in [2.05, 4.69) is 32.7 Å². The first-order chi connectivity index (χ1) is 13.0. The number of anilines is 1. The van der Waals surface area contributed by atoms with Crippen LogP contribution in [0.5, 0.6) is 0 Å². The maximum atomic E-state index is 5.60. The van der Waals surface area contributed by atoms with Crippen molar-refractivity contribution < 1.29 is 4.42 Å². The van der Waals surface area contributed by atoms with Crippen LogP contribution in [-0.2, 0) is 13.1 Å². The fourth-order valence-corrected chi connectivity index (χ4v) is 2.78. The average Bonchev–Trinajstić information content (AvgIpc) is 2.99. The van der Waals surface area contributed by atoms with Gasteiger partial charge in [-0.1, -0.05) is 18.2 Å². The number of rotatable bonds is 5. The minimum Gasteiger partial charge on any atom is -0.444 e. The third-order valence-corrected chi connectivity index (χ3v) is 4.40. The fraction of sp³-hybridized carbons (Fsp3) is 0.350. The average molecular weight is 494 g/mol. The maximum absolute atomic E-state index is 5.60. The van der Waals surface area contributed by atoms with E-state index in [-0.39, 0.29) is 24.0 Å². The Labute approximate surface area is 182 Å². The van der Waals surface area contributed by atoms with Crippen LogP contribution in [0.1, 0.15) is 22.9 Å². The SMILES string of the molecule is CN=C(NCc1nc(C)c(C)o1)NCc1cc(N(C)C)nc2ccccc12.I. The lowest BCUT2D eigenvalue weighted by Crippen LogP contribution is -2.36. The van der Waals surface area contributed by atoms with Gasteiger partial charge >= 0.3 is 0 Å². The lowest BCUT2D eigenvalue weighted by Gasteiger charge is -2.16. The van der Waals surface area contributed by atoms with Gasteiger partial charge in [0.2, 0.25) is 5.89 Å². The van der Waals surface area contributed by atoms with Gasteiger partial charge in [-0.25, -0.2) is 9.97 Å². The molecule has 0 fully saturated rings. The Morgan fingerprint density at radius 1 is 1.11 bits per heavy atom. The molecule has 0 bridgehead atoms. The summed E-state index contributed by atoms with van der Waals surface area (Å²) >= 11 is 0. The number of pyridine rings is 1. The number of hydrogen-bond acceptors (Lipinski definition) is 5. The first kappa shape index (κ1) is 21.9. The summed E-state index contributed by atoms with van der Waals surface area (Å²) in [5, 5.41) is 7.73. The lowest BCUT2D eigenvalue weighted by atomic mass is 10.1. The summed E-state index contributed by atoms with van der Waals surface area (Å²) in [5.41, 5.74) is 3.05. The second-order valence-corrected chi connectivity index (χ2v) is 6.58. The highest BCUT2D eigenvalue weighted by molar-refractivity contribution is 14.0. The number of aromatic nitrogens is 2. The summed E-state index contributed by atoms with van der Waals surface area (Å²) in [6.45, 7) is 4.96. The van der Waals surface area contributed by atoms with Crippen molar-refractivity contribution in [3.05, 3.63) is 53.2 Å². The van der Waals surface area contributed by atoms with Gasteiger partial charge in [0, 0.05) is 33.1 Å². The Bertz CT molecular complexity index is 947. The molecule has 1 aromatic carbocycles. The number of benzene rings is 1. The molecule has 0 saturated carbocycles. The third kappa shape index (κ3) is 5.12. The number of guanidine groups is 1. The van der Waals surface area contributed by atoms with Crippen LogP contribution in [0.2, 0.25) is 0 Å². The van der Waals surface area contributed by atoms with Crippen molar-refractivity contribution in [3.63, 3.8) is 0 Å². The molecule has 0 atom stereocenters. The van der Waals surface area contributed by atoms with Gasteiger partial charge in [-0.05, 0) is 31.5 Å². The topological polar surface area (TPSA) is 78.6 Å². The fourth-order valence-electron chi connectivity index (χ4n) is 2.78. The number of oxazole rings is 1. The van der Waals surface area contributed by atoms with Crippen molar-refractivity contribution in [2.75, 3.05) is 26.0 Å². The minimum absolute atomic E-state index is 0. The van der Waals surface area contributed by atoms with Crippen LogP contribution < -0.4 is 15.5 Å². The number of aryl methyl sites for hydroxylation is 2. The van der Waals surface area contributed by atoms with Gasteiger partial charge in [0.1, 0.15) is 11.6 Å². The Balaban J connectivity index is 0.00000280. The van der Waals surface area contributed by atoms with Crippen molar-refractivity contribution in [1.82, 2.24) is 20.6 Å². The number of para-hydroxylation sites is 1. The highest BCUT2D eigenvalue weighted by Gasteiger charge is 2.09. The third-order valence-electron chi connectivity index (χ3n) is 4.40. The van der Waals surface area contributed by atoms with Gasteiger partial charge < -0.3 is 20.0 Å². The molecule has 2 N–H and O–H groups in total. The summed E-state index contributed by atoms with van der Waals surface area (Å²) in [4.78, 5) is 15.4. The maximum Gasteiger partial charge on any atom is 0.214 e. The van der Waals surface area contributed by atoms with Gasteiger partial charge in [0.05, 0.1) is 17.8 Å². The number of nitrogens with zero attached hydrogens (tertiary/aromatic N) is 4. The molecule has 3 rings (SSSR count). The zero-order valence-corrected chi connectivity index (χ0v) is 19.2. The number of halogens is 1. The van der Waals surface area contributed by atoms with E-state index in [1.54, 1.807) is 7.05 Å². The molecule has 0 radical (unpaired) electrons. The molecule has 2 aromatic heterocycles. The molecule has 0 spiro atoms. The van der Waals surface area contributed by atoms with Crippen LogP contribution in [0.3, 0.4) is 0 Å². The highest BCUT2D eigenvalue weighted by atomic mass is 127. The molecule has 0 aliphatic rings. The molecule has 0 unspecified atom stereocenters. The molecule has 28 heavy (non-hydrogen) atoms. The Hall–Kier alpha value is -2.36. The molecular weight excluding hydrogens is 467 g/mol. The summed E-state index contributed by atoms with van der Waals surface area (Å²) in [6, 6.07) is 10.3. The molecule has 0 aliphatic carbocycles. The van der Waals surface area contributed by atoms with Crippen molar-refractivity contribution in [3.8, 4) is 0 Å². The first-order valence-corrected chi connectivity index (χ1v) is 8.91. The molecule has 0 aliphatic heterocycles. The van der Waals surface area contributed by atoms with Gasteiger partial charge in [-0.3, -0.25) is 4.99 Å². The van der Waals surface area contributed by atoms with Gasteiger partial charge in [0.15, 0.2) is 5.96 Å². The van der Waals surface area contributed by atoms with Crippen LogP contribution in [0.25, 0.3) is 10.9 Å². The smallest absolute Gasteiger partial charge is 0.214 e. The number of nitrogens with one attached hydrogen (secondary N) is 2. The molecule has 2 heterocycles. The van der Waals surface area contributed by atoms with Crippen LogP contribution in [0.15, 0.2) is 39.7 Å². The van der Waals surface area contributed by atoms with Crippen LogP contribution in [-0.4, -0.2) is 37.1 Å². The van der Waals surface area contributed by atoms with Gasteiger partial charge in [0.25, 0.3) is 0 Å². The van der Waals surface area contributed by atoms with Crippen molar-refractivity contribution in [2.45, 2.75) is 26.9 Å². The van der Waals surface area contributed by atoms with Crippen molar-refractivity contribution in [2.24, 2.45) is 4.99 Å². The molecular formula is C20H27IN6O. The van der Waals surface area contributed by atoms with E-state index in [9.17, 15) is 0 Å². The monoisotopic (exact) mass is 494 g/mol. The van der Waals surface area contributed by atoms with E-state index < -0.39 is 0 Å². The van der Waals surface area contributed by atoms with Gasteiger partial charge in [-0.15, -0.1) is 24.0 Å². The Morgan fingerprint density at radius 3 is 2.46 bits per heavy atom. The minimum atomic E-state index is 0. The highest BCUT2D eigenvalue weighted by Crippen LogP contribution is 2.22. The molecule has 0 amide bonds. The van der Waals surface area contributed by atoms with E-state index in [1.165, 1.54) is 0 Å². The predicted molar refractivity (Wildman–Crippen MR) is 125 cm³/mol. The Morgan fingerprint density at radius 2 is 1.82 bits per heavy atom. The summed E-state index contributed by atoms with van der Waals surface area (Å²) in [5.74, 6) is 3.11. The van der Waals surface area contributed by atoms with E-state index in [0.29, 0.717) is 24.9 Å². The lowest BCUT2D eigenvalue weighted by molar-refractivity contribution is 0.463. The second-order valence-electron chi connectivity index (χ2n) is 6.58. The largest absolute Gasteiger partial charge is 0.444 e. The standard InChI is InChI=1S/C20H26N6O.HI/c1-13-14(2)27-19(24-13)12-23-20(21-3)22-11-15-10-18(26(4)5)25-17-9-7-6-8-16(15)17;/h6-10H,11-12H2,1-5H3,(H2,21,22,23);1H. The van der Waals surface area contributed by atoms with Crippen LogP contribution in [0.4, 0.5) is 5.82 Å². The van der Waals surface area contributed by atoms with Crippen LogP contribution in [0, 0.1) is 13.8 Å². The van der Waals surface area contributed by atoms with Crippen LogP contribution >= 0.6 is 24.0 Å². The normalized spacial score (nSPS) is 11.2. The van der Waals surface area contributed by atoms with Crippen molar-refractivity contribution >= 4 is 46.7 Å². The molecule has 7 nitrogen and oxygen atoms in total. The summed E-state index contributed by atoms with van der Waals surface area (Å²) < 4.78 is 5.60. The second kappa shape index (κ2) is 9.72. The van der Waals surface area contributed by atoms with E-state index in [1.807, 2.05) is 51.0 Å². The number of aliphatic imine (C=N–C) groups is 1. The van der Waals surface area contributed by atoms with Crippen molar-refractivity contribution in [1.29, 1.82) is 0 Å². The summed E-state index contributed by atoms with van der Waals surface area (Å²) in [6.07, 6.45) is 0.